The van der Waals surface area contributed by atoms with Crippen LogP contribution in [0.2, 0.25) is 0 Å². The Balaban J connectivity index is 2.26. The van der Waals surface area contributed by atoms with Crippen molar-refractivity contribution in [2.75, 3.05) is 0 Å². The third-order valence-corrected chi connectivity index (χ3v) is 1.80. The smallest absolute Gasteiger partial charge is 0.0199 e. The van der Waals surface area contributed by atoms with Crippen LogP contribution in [-0.4, -0.2) is 0 Å². The molecule has 32 valence electrons. The van der Waals surface area contributed by atoms with Crippen molar-refractivity contribution in [1.29, 1.82) is 0 Å². The largest absolute Gasteiger partial charge is 0.0880 e. The van der Waals surface area contributed by atoms with Crippen molar-refractivity contribution in [3.8, 4) is 0 Å². The van der Waals surface area contributed by atoms with Crippen LogP contribution in [0.1, 0.15) is 12.8 Å². The standard InChI is InChI=1S/C6H8/c1-2-5-4-6(5)3-1/h1-2,5-6H,3-4H2/t5-,6?/m1/s1. The maximum absolute atomic E-state index is 2.35. The van der Waals surface area contributed by atoms with Crippen molar-refractivity contribution < 1.29 is 0 Å². The van der Waals surface area contributed by atoms with Crippen molar-refractivity contribution in [2.24, 2.45) is 11.8 Å². The molecular weight excluding hydrogens is 72.1 g/mol. The topological polar surface area (TPSA) is 0 Å². The molecule has 2 aliphatic rings. The van der Waals surface area contributed by atoms with E-state index in [0.717, 1.165) is 11.8 Å². The fourth-order valence-corrected chi connectivity index (χ4v) is 1.21. The number of allylic oxidation sites excluding steroid dienone is 2. The Morgan fingerprint density at radius 1 is 1.50 bits per heavy atom. The Labute approximate surface area is 37.9 Å². The minimum absolute atomic E-state index is 1.03. The molecule has 0 saturated heterocycles. The summed E-state index contributed by atoms with van der Waals surface area (Å²) in [6, 6.07) is 0. The lowest BCUT2D eigenvalue weighted by Crippen LogP contribution is -1.61. The van der Waals surface area contributed by atoms with E-state index in [1.807, 2.05) is 0 Å². The second-order valence-electron chi connectivity index (χ2n) is 2.32. The van der Waals surface area contributed by atoms with Crippen LogP contribution in [0.4, 0.5) is 0 Å². The molecule has 1 unspecified atom stereocenters. The molecule has 0 bridgehead atoms. The molecule has 1 saturated carbocycles. The summed E-state index contributed by atoms with van der Waals surface area (Å²) >= 11 is 0. The predicted molar refractivity (Wildman–Crippen MR) is 25.4 cm³/mol. The number of hydrogen-bond acceptors (Lipinski definition) is 0. The lowest BCUT2D eigenvalue weighted by molar-refractivity contribution is 0.855. The molecule has 0 aromatic heterocycles. The Kier molecular flexibility index (Phi) is 0.331. The summed E-state index contributed by atoms with van der Waals surface area (Å²) in [7, 11) is 0. The van der Waals surface area contributed by atoms with E-state index in [0.29, 0.717) is 0 Å². The van der Waals surface area contributed by atoms with Gasteiger partial charge in [-0.05, 0) is 24.7 Å². The van der Waals surface area contributed by atoms with Crippen LogP contribution in [0.15, 0.2) is 12.2 Å². The summed E-state index contributed by atoms with van der Waals surface area (Å²) in [6.07, 6.45) is 7.53. The minimum Gasteiger partial charge on any atom is -0.0880 e. The molecule has 0 aromatic carbocycles. The third kappa shape index (κ3) is 0.204. The zero-order valence-electron chi connectivity index (χ0n) is 3.72. The van der Waals surface area contributed by atoms with E-state index in [1.165, 1.54) is 12.8 Å². The van der Waals surface area contributed by atoms with Crippen LogP contribution in [0, 0.1) is 11.8 Å². The summed E-state index contributed by atoms with van der Waals surface area (Å²) in [6.45, 7) is 0. The van der Waals surface area contributed by atoms with Gasteiger partial charge in [0.25, 0.3) is 0 Å². The SMILES string of the molecule is C1=C[C@@H]2CC2C1. The van der Waals surface area contributed by atoms with Gasteiger partial charge in [-0.25, -0.2) is 0 Å². The summed E-state index contributed by atoms with van der Waals surface area (Å²) in [5, 5.41) is 0. The van der Waals surface area contributed by atoms with Gasteiger partial charge in [0.15, 0.2) is 0 Å². The summed E-state index contributed by atoms with van der Waals surface area (Å²) in [5.41, 5.74) is 0. The minimum atomic E-state index is 1.03. The maximum atomic E-state index is 2.35. The molecule has 0 amide bonds. The molecule has 0 aliphatic heterocycles. The van der Waals surface area contributed by atoms with Gasteiger partial charge in [0, 0.05) is 0 Å². The lowest BCUT2D eigenvalue weighted by atomic mass is 10.3. The highest BCUT2D eigenvalue weighted by Crippen LogP contribution is 2.46. The summed E-state index contributed by atoms with van der Waals surface area (Å²) in [5.74, 6) is 2.13. The Morgan fingerprint density at radius 2 is 2.50 bits per heavy atom. The zero-order valence-corrected chi connectivity index (χ0v) is 3.72. The van der Waals surface area contributed by atoms with Gasteiger partial charge in [-0.2, -0.15) is 0 Å². The monoisotopic (exact) mass is 80.1 g/mol. The van der Waals surface area contributed by atoms with Gasteiger partial charge in [-0.1, -0.05) is 12.2 Å². The molecule has 0 heterocycles. The molecule has 1 fully saturated rings. The maximum Gasteiger partial charge on any atom is -0.0199 e. The Bertz CT molecular complexity index is 92.2. The van der Waals surface area contributed by atoms with Crippen molar-refractivity contribution in [3.63, 3.8) is 0 Å². The van der Waals surface area contributed by atoms with Gasteiger partial charge >= 0.3 is 0 Å². The van der Waals surface area contributed by atoms with Crippen molar-refractivity contribution in [2.45, 2.75) is 12.8 Å². The highest BCUT2D eigenvalue weighted by Gasteiger charge is 2.36. The van der Waals surface area contributed by atoms with E-state index in [2.05, 4.69) is 12.2 Å². The number of fused-ring (bicyclic) bond motifs is 1. The van der Waals surface area contributed by atoms with Gasteiger partial charge in [0.2, 0.25) is 0 Å². The second-order valence-corrected chi connectivity index (χ2v) is 2.32. The molecule has 0 radical (unpaired) electrons. The molecule has 0 spiro atoms. The highest BCUT2D eigenvalue weighted by atomic mass is 14.4. The van der Waals surface area contributed by atoms with Crippen molar-refractivity contribution in [3.05, 3.63) is 12.2 Å². The highest BCUT2D eigenvalue weighted by molar-refractivity contribution is 5.11. The molecule has 0 N–H and O–H groups in total. The van der Waals surface area contributed by atoms with Crippen LogP contribution in [0.3, 0.4) is 0 Å². The fourth-order valence-electron chi connectivity index (χ4n) is 1.21. The fraction of sp³-hybridized carbons (Fsp3) is 0.667. The van der Waals surface area contributed by atoms with E-state index in [1.54, 1.807) is 0 Å². The Morgan fingerprint density at radius 3 is 2.67 bits per heavy atom. The van der Waals surface area contributed by atoms with E-state index < -0.39 is 0 Å². The van der Waals surface area contributed by atoms with Crippen LogP contribution in [0.25, 0.3) is 0 Å². The first-order valence-electron chi connectivity index (χ1n) is 2.63. The zero-order chi connectivity index (χ0) is 3.98. The van der Waals surface area contributed by atoms with Gasteiger partial charge in [0.1, 0.15) is 0 Å². The van der Waals surface area contributed by atoms with Crippen LogP contribution in [-0.2, 0) is 0 Å². The van der Waals surface area contributed by atoms with Crippen LogP contribution in [0.5, 0.6) is 0 Å². The first-order chi connectivity index (χ1) is 2.97. The van der Waals surface area contributed by atoms with E-state index in [9.17, 15) is 0 Å². The quantitative estimate of drug-likeness (QED) is 0.387. The molecule has 2 rings (SSSR count). The van der Waals surface area contributed by atoms with Crippen LogP contribution < -0.4 is 0 Å². The average molecular weight is 80.1 g/mol. The molecule has 2 atom stereocenters. The van der Waals surface area contributed by atoms with E-state index >= 15 is 0 Å². The van der Waals surface area contributed by atoms with Gasteiger partial charge < -0.3 is 0 Å². The molecule has 2 aliphatic carbocycles. The van der Waals surface area contributed by atoms with Gasteiger partial charge in [-0.3, -0.25) is 0 Å². The number of rotatable bonds is 0. The van der Waals surface area contributed by atoms with Gasteiger partial charge in [-0.15, -0.1) is 0 Å². The van der Waals surface area contributed by atoms with Crippen LogP contribution >= 0.6 is 0 Å². The van der Waals surface area contributed by atoms with Gasteiger partial charge in [0.05, 0.1) is 0 Å². The molecule has 0 aromatic rings. The normalized spacial score (nSPS) is 49.3. The predicted octanol–water partition coefficient (Wildman–Crippen LogP) is 1.58. The molecule has 0 heteroatoms. The average Bonchev–Trinajstić information content (AvgIpc) is 2.17. The molecule has 0 nitrogen and oxygen atoms in total. The van der Waals surface area contributed by atoms with Crippen molar-refractivity contribution in [1.82, 2.24) is 0 Å². The lowest BCUT2D eigenvalue weighted by Gasteiger charge is -1.72. The van der Waals surface area contributed by atoms with E-state index in [-0.39, 0.29) is 0 Å². The second kappa shape index (κ2) is 0.699. The molecular formula is C6H8. The first kappa shape index (κ1) is 2.84. The molecule has 6 heavy (non-hydrogen) atoms. The first-order valence-corrected chi connectivity index (χ1v) is 2.63. The van der Waals surface area contributed by atoms with Crippen molar-refractivity contribution >= 4 is 0 Å². The Hall–Kier alpha value is -0.260. The van der Waals surface area contributed by atoms with E-state index in [4.69, 9.17) is 0 Å². The summed E-state index contributed by atoms with van der Waals surface area (Å²) < 4.78 is 0. The third-order valence-electron chi connectivity index (χ3n) is 1.80. The summed E-state index contributed by atoms with van der Waals surface area (Å²) in [4.78, 5) is 0. The number of hydrogen-bond donors (Lipinski definition) is 0.